The second-order valence-corrected chi connectivity index (χ2v) is 6.71. The highest BCUT2D eigenvalue weighted by Gasteiger charge is 2.20. The van der Waals surface area contributed by atoms with Crippen molar-refractivity contribution in [3.8, 4) is 0 Å². The fourth-order valence-corrected chi connectivity index (χ4v) is 3.78. The summed E-state index contributed by atoms with van der Waals surface area (Å²) in [6.45, 7) is 1.96. The lowest BCUT2D eigenvalue weighted by Crippen LogP contribution is -2.32. The van der Waals surface area contributed by atoms with Gasteiger partial charge in [-0.05, 0) is 73.9 Å². The Morgan fingerprint density at radius 3 is 2.71 bits per heavy atom. The van der Waals surface area contributed by atoms with Crippen LogP contribution < -0.4 is 10.2 Å². The van der Waals surface area contributed by atoms with Crippen molar-refractivity contribution >= 4 is 17.4 Å². The summed E-state index contributed by atoms with van der Waals surface area (Å²) in [5.74, 6) is 0.748. The average molecular weight is 321 g/mol. The second kappa shape index (κ2) is 6.63. The third-order valence-electron chi connectivity index (χ3n) is 5.04. The van der Waals surface area contributed by atoms with E-state index in [1.807, 2.05) is 18.2 Å². The summed E-state index contributed by atoms with van der Waals surface area (Å²) in [6, 6.07) is 9.99. The van der Waals surface area contributed by atoms with Crippen LogP contribution in [0.25, 0.3) is 0 Å². The third kappa shape index (κ3) is 3.01. The van der Waals surface area contributed by atoms with Gasteiger partial charge >= 0.3 is 0 Å². The minimum atomic E-state index is -0.0679. The standard InChI is InChI=1S/C20H23N3O/c24-20(22-17-10-9-15-6-4-7-16(15)14-17)18-8-5-11-21-19(18)23-12-2-1-3-13-23/h5,8-11,14H,1-4,6-7,12-13H2,(H,22,24). The largest absolute Gasteiger partial charge is 0.356 e. The van der Waals surface area contributed by atoms with Crippen LogP contribution in [0, 0.1) is 0 Å². The lowest BCUT2D eigenvalue weighted by atomic mass is 10.1. The molecule has 2 aromatic rings. The van der Waals surface area contributed by atoms with Gasteiger partial charge in [0, 0.05) is 25.0 Å². The minimum Gasteiger partial charge on any atom is -0.356 e. The topological polar surface area (TPSA) is 45.2 Å². The molecule has 1 aliphatic heterocycles. The van der Waals surface area contributed by atoms with Crippen LogP contribution >= 0.6 is 0 Å². The highest BCUT2D eigenvalue weighted by atomic mass is 16.1. The zero-order chi connectivity index (χ0) is 16.4. The fourth-order valence-electron chi connectivity index (χ4n) is 3.78. The summed E-state index contributed by atoms with van der Waals surface area (Å²) in [6.07, 6.45) is 8.87. The molecule has 1 amide bonds. The summed E-state index contributed by atoms with van der Waals surface area (Å²) >= 11 is 0. The number of aryl methyl sites for hydroxylation is 2. The molecule has 0 atom stereocenters. The molecule has 1 aromatic heterocycles. The number of fused-ring (bicyclic) bond motifs is 1. The van der Waals surface area contributed by atoms with E-state index in [0.29, 0.717) is 5.56 Å². The van der Waals surface area contributed by atoms with Crippen molar-refractivity contribution in [2.24, 2.45) is 0 Å². The zero-order valence-corrected chi connectivity index (χ0v) is 13.9. The molecule has 1 N–H and O–H groups in total. The van der Waals surface area contributed by atoms with Gasteiger partial charge in [-0.1, -0.05) is 6.07 Å². The molecule has 4 heteroatoms. The highest BCUT2D eigenvalue weighted by Crippen LogP contribution is 2.26. The van der Waals surface area contributed by atoms with Crippen molar-refractivity contribution in [1.29, 1.82) is 0 Å². The van der Waals surface area contributed by atoms with Crippen LogP contribution in [0.4, 0.5) is 11.5 Å². The van der Waals surface area contributed by atoms with E-state index in [0.717, 1.165) is 37.4 Å². The summed E-state index contributed by atoms with van der Waals surface area (Å²) in [5.41, 5.74) is 4.34. The van der Waals surface area contributed by atoms with Gasteiger partial charge in [0.2, 0.25) is 0 Å². The van der Waals surface area contributed by atoms with E-state index in [-0.39, 0.29) is 5.91 Å². The number of nitrogens with one attached hydrogen (secondary N) is 1. The Bertz CT molecular complexity index is 750. The molecule has 4 nitrogen and oxygen atoms in total. The lowest BCUT2D eigenvalue weighted by molar-refractivity contribution is 0.102. The summed E-state index contributed by atoms with van der Waals surface area (Å²) in [5, 5.41) is 3.06. The van der Waals surface area contributed by atoms with E-state index >= 15 is 0 Å². The van der Waals surface area contributed by atoms with Crippen LogP contribution in [-0.4, -0.2) is 24.0 Å². The molecule has 1 aliphatic carbocycles. The number of piperidine rings is 1. The fraction of sp³-hybridized carbons (Fsp3) is 0.400. The van der Waals surface area contributed by atoms with Gasteiger partial charge in [-0.3, -0.25) is 4.79 Å². The number of anilines is 2. The Hall–Kier alpha value is -2.36. The van der Waals surface area contributed by atoms with Crippen molar-refractivity contribution in [1.82, 2.24) is 4.98 Å². The Labute approximate surface area is 142 Å². The predicted molar refractivity (Wildman–Crippen MR) is 96.7 cm³/mol. The van der Waals surface area contributed by atoms with E-state index in [9.17, 15) is 4.79 Å². The molecule has 24 heavy (non-hydrogen) atoms. The summed E-state index contributed by atoms with van der Waals surface area (Å²) in [7, 11) is 0. The summed E-state index contributed by atoms with van der Waals surface area (Å²) < 4.78 is 0. The number of pyridine rings is 1. The third-order valence-corrected chi connectivity index (χ3v) is 5.04. The van der Waals surface area contributed by atoms with E-state index < -0.39 is 0 Å². The molecule has 0 saturated carbocycles. The molecule has 0 radical (unpaired) electrons. The Kier molecular flexibility index (Phi) is 4.20. The van der Waals surface area contributed by atoms with E-state index in [1.165, 1.54) is 36.8 Å². The number of carbonyl (C=O) groups is 1. The molecule has 2 heterocycles. The van der Waals surface area contributed by atoms with Crippen molar-refractivity contribution in [2.75, 3.05) is 23.3 Å². The first-order valence-electron chi connectivity index (χ1n) is 8.94. The molecule has 2 aliphatic rings. The Balaban J connectivity index is 1.56. The molecule has 1 saturated heterocycles. The first-order chi connectivity index (χ1) is 11.8. The quantitative estimate of drug-likeness (QED) is 0.935. The van der Waals surface area contributed by atoms with Gasteiger partial charge in [0.05, 0.1) is 5.56 Å². The van der Waals surface area contributed by atoms with Crippen LogP contribution in [-0.2, 0) is 12.8 Å². The molecule has 1 aromatic carbocycles. The first kappa shape index (κ1) is 15.2. The normalized spacial score (nSPS) is 16.8. The number of aromatic nitrogens is 1. The summed E-state index contributed by atoms with van der Waals surface area (Å²) in [4.78, 5) is 19.5. The number of rotatable bonds is 3. The van der Waals surface area contributed by atoms with Gasteiger partial charge in [-0.25, -0.2) is 4.98 Å². The first-order valence-corrected chi connectivity index (χ1v) is 8.94. The molecule has 0 spiro atoms. The number of amides is 1. The second-order valence-electron chi connectivity index (χ2n) is 6.71. The van der Waals surface area contributed by atoms with Gasteiger partial charge in [-0.15, -0.1) is 0 Å². The minimum absolute atomic E-state index is 0.0679. The van der Waals surface area contributed by atoms with Crippen LogP contribution in [0.5, 0.6) is 0 Å². The highest BCUT2D eigenvalue weighted by molar-refractivity contribution is 6.07. The number of carbonyl (C=O) groups excluding carboxylic acids is 1. The molecular weight excluding hydrogens is 298 g/mol. The van der Waals surface area contributed by atoms with Gasteiger partial charge < -0.3 is 10.2 Å². The average Bonchev–Trinajstić information content (AvgIpc) is 3.10. The van der Waals surface area contributed by atoms with Crippen LogP contribution in [0.15, 0.2) is 36.5 Å². The Morgan fingerprint density at radius 1 is 1.00 bits per heavy atom. The van der Waals surface area contributed by atoms with Crippen molar-refractivity contribution in [2.45, 2.75) is 38.5 Å². The molecule has 0 unspecified atom stereocenters. The van der Waals surface area contributed by atoms with E-state index in [1.54, 1.807) is 6.20 Å². The van der Waals surface area contributed by atoms with E-state index in [4.69, 9.17) is 0 Å². The number of benzene rings is 1. The van der Waals surface area contributed by atoms with Crippen LogP contribution in [0.1, 0.15) is 47.2 Å². The van der Waals surface area contributed by atoms with Crippen molar-refractivity contribution in [3.05, 3.63) is 53.2 Å². The lowest BCUT2D eigenvalue weighted by Gasteiger charge is -2.29. The van der Waals surface area contributed by atoms with Gasteiger partial charge in [0.15, 0.2) is 0 Å². The molecule has 0 bridgehead atoms. The van der Waals surface area contributed by atoms with Gasteiger partial charge in [-0.2, -0.15) is 0 Å². The number of nitrogens with zero attached hydrogens (tertiary/aromatic N) is 2. The molecule has 4 rings (SSSR count). The SMILES string of the molecule is O=C(Nc1ccc2c(c1)CCC2)c1cccnc1N1CCCCC1. The monoisotopic (exact) mass is 321 g/mol. The zero-order valence-electron chi connectivity index (χ0n) is 13.9. The maximum absolute atomic E-state index is 12.8. The maximum atomic E-state index is 12.8. The molecule has 124 valence electrons. The molecule has 1 fully saturated rings. The van der Waals surface area contributed by atoms with Gasteiger partial charge in [0.25, 0.3) is 5.91 Å². The van der Waals surface area contributed by atoms with Crippen LogP contribution in [0.3, 0.4) is 0 Å². The van der Waals surface area contributed by atoms with Gasteiger partial charge in [0.1, 0.15) is 5.82 Å². The predicted octanol–water partition coefficient (Wildman–Crippen LogP) is 3.81. The smallest absolute Gasteiger partial charge is 0.259 e. The van der Waals surface area contributed by atoms with Crippen molar-refractivity contribution in [3.63, 3.8) is 0 Å². The number of hydrogen-bond acceptors (Lipinski definition) is 3. The molecular formula is C20H23N3O. The number of hydrogen-bond donors (Lipinski definition) is 1. The van der Waals surface area contributed by atoms with Crippen molar-refractivity contribution < 1.29 is 4.79 Å². The van der Waals surface area contributed by atoms with Crippen LogP contribution in [0.2, 0.25) is 0 Å². The maximum Gasteiger partial charge on any atom is 0.259 e. The van der Waals surface area contributed by atoms with E-state index in [2.05, 4.69) is 27.3 Å². The Morgan fingerprint density at radius 2 is 1.83 bits per heavy atom.